The summed E-state index contributed by atoms with van der Waals surface area (Å²) in [4.78, 5) is 28.7. The molecule has 0 aliphatic carbocycles. The van der Waals surface area contributed by atoms with Crippen molar-refractivity contribution in [3.63, 3.8) is 0 Å². The molecule has 10 nitrogen and oxygen atoms in total. The zero-order valence-electron chi connectivity index (χ0n) is 24.7. The highest BCUT2D eigenvalue weighted by Gasteiger charge is 2.49. The van der Waals surface area contributed by atoms with Crippen LogP contribution in [0.3, 0.4) is 0 Å². The van der Waals surface area contributed by atoms with Gasteiger partial charge in [0.05, 0.1) is 32.9 Å². The second-order valence-electron chi connectivity index (χ2n) is 10.3. The number of rotatable bonds is 9. The summed E-state index contributed by atoms with van der Waals surface area (Å²) in [7, 11) is 4.39. The molecule has 6 rings (SSSR count). The van der Waals surface area contributed by atoms with Crippen molar-refractivity contribution in [3.8, 4) is 23.0 Å². The molecule has 1 amide bonds. The van der Waals surface area contributed by atoms with Gasteiger partial charge in [0, 0.05) is 17.7 Å². The van der Waals surface area contributed by atoms with Crippen molar-refractivity contribution in [2.75, 3.05) is 26.2 Å². The number of aliphatic hydroxyl groups is 1. The van der Waals surface area contributed by atoms with Gasteiger partial charge in [0.25, 0.3) is 5.78 Å². The van der Waals surface area contributed by atoms with Gasteiger partial charge in [-0.15, -0.1) is 10.2 Å². The summed E-state index contributed by atoms with van der Waals surface area (Å²) in [6, 6.07) is 13.4. The third kappa shape index (κ3) is 5.69. The van der Waals surface area contributed by atoms with Crippen molar-refractivity contribution < 1.29 is 38.0 Å². The summed E-state index contributed by atoms with van der Waals surface area (Å²) in [5.74, 6) is -0.303. The average Bonchev–Trinajstić information content (AvgIpc) is 3.74. The minimum Gasteiger partial charge on any atom is -0.507 e. The van der Waals surface area contributed by atoms with E-state index < -0.39 is 17.7 Å². The first-order chi connectivity index (χ1) is 21.7. The Bertz CT molecular complexity index is 1800. The van der Waals surface area contributed by atoms with Crippen LogP contribution in [0.25, 0.3) is 5.76 Å². The molecule has 13 heteroatoms. The van der Waals surface area contributed by atoms with Gasteiger partial charge < -0.3 is 24.1 Å². The number of Topliss-reactive ketones (excluding diaryl/α,β-unsaturated/α-hetero) is 1. The second-order valence-corrected chi connectivity index (χ2v) is 12.5. The molecule has 2 aliphatic heterocycles. The number of hydrogen-bond donors (Lipinski definition) is 1. The van der Waals surface area contributed by atoms with Gasteiger partial charge in [-0.2, -0.15) is 0 Å². The fraction of sp³-hybridized carbons (Fsp3) is 0.250. The number of aromatic nitrogens is 2. The van der Waals surface area contributed by atoms with Crippen LogP contribution < -0.4 is 23.8 Å². The van der Waals surface area contributed by atoms with E-state index in [-0.39, 0.29) is 28.4 Å². The van der Waals surface area contributed by atoms with Crippen molar-refractivity contribution in [1.29, 1.82) is 0 Å². The number of benzene rings is 3. The van der Waals surface area contributed by atoms with Gasteiger partial charge in [0.1, 0.15) is 23.4 Å². The number of amides is 1. The molecule has 2 aliphatic rings. The van der Waals surface area contributed by atoms with Gasteiger partial charge in [-0.25, -0.2) is 4.39 Å². The Labute approximate surface area is 266 Å². The first-order valence-corrected chi connectivity index (χ1v) is 15.6. The van der Waals surface area contributed by atoms with Crippen molar-refractivity contribution >= 4 is 45.7 Å². The lowest BCUT2D eigenvalue weighted by Gasteiger charge is -2.24. The third-order valence-corrected chi connectivity index (χ3v) is 9.62. The zero-order chi connectivity index (χ0) is 31.8. The van der Waals surface area contributed by atoms with Crippen molar-refractivity contribution in [2.24, 2.45) is 0 Å². The molecule has 3 heterocycles. The molecule has 1 aromatic heterocycles. The van der Waals surface area contributed by atoms with E-state index in [1.54, 1.807) is 42.5 Å². The molecule has 0 spiro atoms. The summed E-state index contributed by atoms with van der Waals surface area (Å²) in [5.41, 5.74) is 2.42. The average molecular weight is 650 g/mol. The Balaban J connectivity index is 1.45. The van der Waals surface area contributed by atoms with Crippen LogP contribution >= 0.6 is 23.1 Å². The lowest BCUT2D eigenvalue weighted by atomic mass is 9.94. The number of ether oxygens (including phenoxy) is 4. The molecule has 4 aromatic rings. The monoisotopic (exact) mass is 649 g/mol. The van der Waals surface area contributed by atoms with Crippen LogP contribution in [0.5, 0.6) is 23.0 Å². The van der Waals surface area contributed by atoms with Gasteiger partial charge in [-0.05, 0) is 66.1 Å². The van der Waals surface area contributed by atoms with E-state index in [4.69, 9.17) is 18.9 Å². The number of anilines is 1. The Morgan fingerprint density at radius 1 is 1.04 bits per heavy atom. The van der Waals surface area contributed by atoms with Crippen LogP contribution in [0.2, 0.25) is 0 Å². The van der Waals surface area contributed by atoms with Crippen molar-refractivity contribution in [2.45, 2.75) is 35.6 Å². The van der Waals surface area contributed by atoms with E-state index in [2.05, 4.69) is 10.2 Å². The highest BCUT2D eigenvalue weighted by atomic mass is 32.2. The number of carbonyl (C=O) groups is 2. The quantitative estimate of drug-likeness (QED) is 0.0766. The highest BCUT2D eigenvalue weighted by molar-refractivity contribution is 8.00. The smallest absolute Gasteiger partial charge is 0.301 e. The van der Waals surface area contributed by atoms with Crippen molar-refractivity contribution in [3.05, 3.63) is 88.2 Å². The molecule has 1 N–H and O–H groups in total. The van der Waals surface area contributed by atoms with Gasteiger partial charge in [-0.1, -0.05) is 35.2 Å². The fourth-order valence-electron chi connectivity index (χ4n) is 5.41. The van der Waals surface area contributed by atoms with Crippen molar-refractivity contribution in [1.82, 2.24) is 10.2 Å². The van der Waals surface area contributed by atoms with Crippen LogP contribution in [0.15, 0.2) is 64.5 Å². The van der Waals surface area contributed by atoms with Gasteiger partial charge in [0.15, 0.2) is 15.8 Å². The first-order valence-electron chi connectivity index (χ1n) is 13.8. The minimum absolute atomic E-state index is 0.0188. The van der Waals surface area contributed by atoms with Gasteiger partial charge >= 0.3 is 5.91 Å². The summed E-state index contributed by atoms with van der Waals surface area (Å²) in [6.07, 6.45) is 0.624. The molecule has 2 unspecified atom stereocenters. The van der Waals surface area contributed by atoms with Gasteiger partial charge in [0.2, 0.25) is 10.9 Å². The molecule has 45 heavy (non-hydrogen) atoms. The number of halogens is 1. The molecule has 0 bridgehead atoms. The summed E-state index contributed by atoms with van der Waals surface area (Å²) >= 11 is 2.48. The molecule has 232 valence electrons. The molecular formula is C32H28FN3O7S2. The number of hydrogen-bond acceptors (Lipinski definition) is 11. The normalized spacial score (nSPS) is 18.6. The van der Waals surface area contributed by atoms with E-state index in [1.807, 2.05) is 6.92 Å². The molecule has 1 saturated heterocycles. The Morgan fingerprint density at radius 3 is 2.42 bits per heavy atom. The fourth-order valence-corrected chi connectivity index (χ4v) is 7.24. The maximum Gasteiger partial charge on any atom is 0.301 e. The molecule has 2 atom stereocenters. The van der Waals surface area contributed by atoms with E-state index >= 15 is 0 Å². The molecule has 1 fully saturated rings. The molecular weight excluding hydrogens is 621 g/mol. The Kier molecular flexibility index (Phi) is 8.38. The number of thioether (sulfide) groups is 1. The number of fused-ring (bicyclic) bond motifs is 1. The first kappa shape index (κ1) is 30.4. The second kappa shape index (κ2) is 12.4. The molecule has 3 aromatic carbocycles. The summed E-state index contributed by atoms with van der Waals surface area (Å²) in [6.45, 7) is 1.95. The van der Waals surface area contributed by atoms with E-state index in [9.17, 15) is 19.1 Å². The largest absolute Gasteiger partial charge is 0.507 e. The van der Waals surface area contributed by atoms with E-state index in [0.29, 0.717) is 50.6 Å². The number of ketones is 1. The highest BCUT2D eigenvalue weighted by Crippen LogP contribution is 2.48. The van der Waals surface area contributed by atoms with Gasteiger partial charge in [-0.3, -0.25) is 14.5 Å². The topological polar surface area (TPSA) is 120 Å². The molecule has 0 radical (unpaired) electrons. The predicted octanol–water partition coefficient (Wildman–Crippen LogP) is 5.95. The summed E-state index contributed by atoms with van der Waals surface area (Å²) in [5, 5.41) is 20.3. The lowest BCUT2D eigenvalue weighted by Crippen LogP contribution is -2.29. The van der Waals surface area contributed by atoms with Crippen LogP contribution in [-0.4, -0.2) is 54.4 Å². The Morgan fingerprint density at radius 2 is 1.76 bits per heavy atom. The number of carbonyl (C=O) groups excluding carboxylic acids is 2. The third-order valence-electron chi connectivity index (χ3n) is 7.49. The molecule has 0 saturated carbocycles. The summed E-state index contributed by atoms with van der Waals surface area (Å²) < 4.78 is 36.3. The van der Waals surface area contributed by atoms with Crippen LogP contribution in [0.4, 0.5) is 9.52 Å². The van der Waals surface area contributed by atoms with E-state index in [1.165, 1.54) is 50.1 Å². The minimum atomic E-state index is -1.11. The Hall–Kier alpha value is -4.62. The number of aliphatic hydroxyl groups excluding tert-OH is 1. The zero-order valence-corrected chi connectivity index (χ0v) is 26.3. The van der Waals surface area contributed by atoms with E-state index in [0.717, 1.165) is 22.5 Å². The standard InChI is InChI=1S/C32H28FN3O7S2/c1-16-11-19-12-18(7-10-22(19)43-16)27(37)25-26(20-13-23(40-2)29(42-4)24(14-20)41-3)36(30(39)28(25)38)31-34-35-32(45-31)44-15-17-5-8-21(33)9-6-17/h5-10,12-14,16,26,37H,11,15H2,1-4H3/b27-25+. The predicted molar refractivity (Wildman–Crippen MR) is 167 cm³/mol. The maximum atomic E-state index is 13.8. The number of nitrogens with zero attached hydrogens (tertiary/aromatic N) is 3. The lowest BCUT2D eigenvalue weighted by molar-refractivity contribution is -0.132. The van der Waals surface area contributed by atoms with Crippen LogP contribution in [0.1, 0.15) is 35.2 Å². The van der Waals surface area contributed by atoms with Crippen LogP contribution in [-0.2, 0) is 21.8 Å². The number of methoxy groups -OCH3 is 3. The maximum absolute atomic E-state index is 13.8. The SMILES string of the molecule is COc1cc(C2/C(=C(\O)c3ccc4c(c3)CC(C)O4)C(=O)C(=O)N2c2nnc(SCc3ccc(F)cc3)s2)cc(OC)c1OC. The van der Waals surface area contributed by atoms with Crippen LogP contribution in [0, 0.1) is 5.82 Å².